The number of amides is 1. The zero-order valence-corrected chi connectivity index (χ0v) is 18.6. The molecule has 0 bridgehead atoms. The van der Waals surface area contributed by atoms with Crippen molar-refractivity contribution >= 4 is 56.4 Å². The Morgan fingerprint density at radius 3 is 2.45 bits per heavy atom. The van der Waals surface area contributed by atoms with Crippen LogP contribution in [0.2, 0.25) is 15.1 Å². The third kappa shape index (κ3) is 5.16. The van der Waals surface area contributed by atoms with Crippen LogP contribution < -0.4 is 10.1 Å². The number of benzene rings is 2. The fraction of sp³-hybridized carbons (Fsp3) is 0.316. The highest BCUT2D eigenvalue weighted by Crippen LogP contribution is 2.32. The van der Waals surface area contributed by atoms with E-state index in [1.165, 1.54) is 23.5 Å². The Balaban J connectivity index is 1.79. The van der Waals surface area contributed by atoms with Gasteiger partial charge in [-0.1, -0.05) is 34.8 Å². The molecule has 1 amide bonds. The molecule has 2 aromatic carbocycles. The second-order valence-electron chi connectivity index (χ2n) is 6.64. The summed E-state index contributed by atoms with van der Waals surface area (Å²) in [6, 6.07) is 9.15. The Morgan fingerprint density at radius 2 is 1.79 bits per heavy atom. The lowest BCUT2D eigenvalue weighted by Gasteiger charge is -2.31. The molecule has 2 aromatic rings. The minimum Gasteiger partial charge on any atom is -0.495 e. The van der Waals surface area contributed by atoms with Gasteiger partial charge in [0.05, 0.1) is 13.0 Å². The van der Waals surface area contributed by atoms with Crippen LogP contribution in [0, 0.1) is 5.92 Å². The highest BCUT2D eigenvalue weighted by atomic mass is 35.5. The number of hydrogen-bond donors (Lipinski definition) is 1. The van der Waals surface area contributed by atoms with Gasteiger partial charge in [0.1, 0.15) is 10.6 Å². The molecule has 1 aliphatic heterocycles. The summed E-state index contributed by atoms with van der Waals surface area (Å²) in [5.41, 5.74) is 0.462. The summed E-state index contributed by atoms with van der Waals surface area (Å²) in [5, 5.41) is 3.84. The van der Waals surface area contributed by atoms with E-state index in [0.717, 1.165) is 0 Å². The lowest BCUT2D eigenvalue weighted by molar-refractivity contribution is -0.120. The standard InChI is InChI=1S/C19H19Cl3N2O4S/c1-28-17-5-4-13(20)10-18(17)29(26,27)24-6-2-3-12(11-24)19(25)23-16-8-14(21)7-15(22)9-16/h4-5,7-10,12H,2-3,6,11H2,1H3,(H,23,25)/t12-/m1/s1. The third-order valence-corrected chi connectivity index (χ3v) is 7.19. The lowest BCUT2D eigenvalue weighted by atomic mass is 9.99. The minimum atomic E-state index is -3.88. The molecule has 0 unspecified atom stereocenters. The Hall–Kier alpha value is -1.51. The van der Waals surface area contributed by atoms with Crippen LogP contribution in [-0.4, -0.2) is 38.8 Å². The molecule has 0 saturated carbocycles. The average molecular weight is 478 g/mol. The summed E-state index contributed by atoms with van der Waals surface area (Å²) < 4.78 is 32.8. The van der Waals surface area contributed by atoms with Crippen molar-refractivity contribution in [2.75, 3.05) is 25.5 Å². The van der Waals surface area contributed by atoms with Crippen molar-refractivity contribution in [3.63, 3.8) is 0 Å². The van der Waals surface area contributed by atoms with E-state index in [1.54, 1.807) is 24.3 Å². The summed E-state index contributed by atoms with van der Waals surface area (Å²) in [5.74, 6) is -0.600. The molecule has 0 spiro atoms. The smallest absolute Gasteiger partial charge is 0.246 e. The van der Waals surface area contributed by atoms with Gasteiger partial charge >= 0.3 is 0 Å². The average Bonchev–Trinajstić information content (AvgIpc) is 2.67. The van der Waals surface area contributed by atoms with Crippen molar-refractivity contribution in [1.82, 2.24) is 4.31 Å². The van der Waals surface area contributed by atoms with Gasteiger partial charge in [0.25, 0.3) is 0 Å². The van der Waals surface area contributed by atoms with Crippen molar-refractivity contribution in [1.29, 1.82) is 0 Å². The number of hydrogen-bond acceptors (Lipinski definition) is 4. The van der Waals surface area contributed by atoms with Gasteiger partial charge in [0.15, 0.2) is 0 Å². The molecule has 1 saturated heterocycles. The Morgan fingerprint density at radius 1 is 1.10 bits per heavy atom. The molecule has 0 aromatic heterocycles. The van der Waals surface area contributed by atoms with Gasteiger partial charge in [-0.3, -0.25) is 4.79 Å². The van der Waals surface area contributed by atoms with Crippen LogP contribution in [0.15, 0.2) is 41.3 Å². The summed E-state index contributed by atoms with van der Waals surface area (Å²) >= 11 is 17.9. The van der Waals surface area contributed by atoms with Crippen LogP contribution in [0.25, 0.3) is 0 Å². The van der Waals surface area contributed by atoms with Crippen molar-refractivity contribution in [3.05, 3.63) is 51.5 Å². The molecule has 6 nitrogen and oxygen atoms in total. The molecule has 1 atom stereocenters. The first-order chi connectivity index (χ1) is 13.7. The summed E-state index contributed by atoms with van der Waals surface area (Å²) in [6.45, 7) is 0.364. The van der Waals surface area contributed by atoms with Crippen LogP contribution in [-0.2, 0) is 14.8 Å². The fourth-order valence-corrected chi connectivity index (χ4v) is 5.70. The summed E-state index contributed by atoms with van der Waals surface area (Å²) in [4.78, 5) is 12.7. The number of halogens is 3. The molecule has 0 aliphatic carbocycles. The number of sulfonamides is 1. The molecule has 1 aliphatic rings. The zero-order valence-electron chi connectivity index (χ0n) is 15.5. The van der Waals surface area contributed by atoms with E-state index >= 15 is 0 Å². The maximum atomic E-state index is 13.2. The molecular formula is C19H19Cl3N2O4S. The molecular weight excluding hydrogens is 459 g/mol. The van der Waals surface area contributed by atoms with Gasteiger partial charge in [-0.05, 0) is 49.2 Å². The first kappa shape index (κ1) is 22.2. The first-order valence-electron chi connectivity index (χ1n) is 8.81. The van der Waals surface area contributed by atoms with Gasteiger partial charge in [-0.25, -0.2) is 8.42 Å². The highest BCUT2D eigenvalue weighted by molar-refractivity contribution is 7.89. The predicted molar refractivity (Wildman–Crippen MR) is 115 cm³/mol. The third-order valence-electron chi connectivity index (χ3n) is 4.63. The number of methoxy groups -OCH3 is 1. The number of carbonyl (C=O) groups excluding carboxylic acids is 1. The molecule has 1 N–H and O–H groups in total. The number of ether oxygens (including phenoxy) is 1. The lowest BCUT2D eigenvalue weighted by Crippen LogP contribution is -2.43. The maximum absolute atomic E-state index is 13.2. The molecule has 1 fully saturated rings. The highest BCUT2D eigenvalue weighted by Gasteiger charge is 2.35. The Labute approximate surface area is 184 Å². The quantitative estimate of drug-likeness (QED) is 0.677. The normalized spacial score (nSPS) is 17.7. The number of nitrogens with one attached hydrogen (secondary N) is 1. The van der Waals surface area contributed by atoms with E-state index in [9.17, 15) is 13.2 Å². The molecule has 29 heavy (non-hydrogen) atoms. The maximum Gasteiger partial charge on any atom is 0.246 e. The number of carbonyl (C=O) groups is 1. The Bertz CT molecular complexity index is 1010. The van der Waals surface area contributed by atoms with Gasteiger partial charge < -0.3 is 10.1 Å². The van der Waals surface area contributed by atoms with E-state index in [0.29, 0.717) is 35.1 Å². The van der Waals surface area contributed by atoms with Crippen LogP contribution in [0.1, 0.15) is 12.8 Å². The van der Waals surface area contributed by atoms with Crippen LogP contribution >= 0.6 is 34.8 Å². The van der Waals surface area contributed by atoms with Crippen molar-refractivity contribution in [3.8, 4) is 5.75 Å². The number of piperidine rings is 1. The molecule has 10 heteroatoms. The SMILES string of the molecule is COc1ccc(Cl)cc1S(=O)(=O)N1CCC[C@@H](C(=O)Nc2cc(Cl)cc(Cl)c2)C1. The van der Waals surface area contributed by atoms with Gasteiger partial charge in [0.2, 0.25) is 15.9 Å². The predicted octanol–water partition coefficient (Wildman–Crippen LogP) is 4.69. The van der Waals surface area contributed by atoms with Gasteiger partial charge in [-0.15, -0.1) is 0 Å². The molecule has 3 rings (SSSR count). The van der Waals surface area contributed by atoms with E-state index in [1.807, 2.05) is 0 Å². The van der Waals surface area contributed by atoms with Crippen LogP contribution in [0.3, 0.4) is 0 Å². The first-order valence-corrected chi connectivity index (χ1v) is 11.4. The number of rotatable bonds is 5. The number of nitrogens with zero attached hydrogens (tertiary/aromatic N) is 1. The molecule has 0 radical (unpaired) electrons. The zero-order chi connectivity index (χ0) is 21.2. The number of anilines is 1. The van der Waals surface area contributed by atoms with Crippen molar-refractivity contribution < 1.29 is 17.9 Å². The second kappa shape index (κ2) is 9.10. The van der Waals surface area contributed by atoms with Crippen LogP contribution in [0.5, 0.6) is 5.75 Å². The molecule has 1 heterocycles. The monoisotopic (exact) mass is 476 g/mol. The van der Waals surface area contributed by atoms with Crippen molar-refractivity contribution in [2.45, 2.75) is 17.7 Å². The van der Waals surface area contributed by atoms with E-state index < -0.39 is 15.9 Å². The summed E-state index contributed by atoms with van der Waals surface area (Å²) in [7, 11) is -2.48. The van der Waals surface area contributed by atoms with E-state index in [2.05, 4.69) is 5.32 Å². The van der Waals surface area contributed by atoms with E-state index in [-0.39, 0.29) is 28.1 Å². The molecule has 156 valence electrons. The van der Waals surface area contributed by atoms with Crippen LogP contribution in [0.4, 0.5) is 5.69 Å². The topological polar surface area (TPSA) is 75.7 Å². The van der Waals surface area contributed by atoms with Gasteiger partial charge in [-0.2, -0.15) is 4.31 Å². The Kier molecular flexibility index (Phi) is 6.96. The van der Waals surface area contributed by atoms with Gasteiger partial charge in [0, 0.05) is 33.8 Å². The van der Waals surface area contributed by atoms with Crippen molar-refractivity contribution in [2.24, 2.45) is 5.92 Å². The van der Waals surface area contributed by atoms with E-state index in [4.69, 9.17) is 39.5 Å². The second-order valence-corrected chi connectivity index (χ2v) is 9.86. The fourth-order valence-electron chi connectivity index (χ4n) is 3.24. The largest absolute Gasteiger partial charge is 0.495 e. The minimum absolute atomic E-state index is 0.0184. The summed E-state index contributed by atoms with van der Waals surface area (Å²) in [6.07, 6.45) is 1.12.